The minimum absolute atomic E-state index is 0.833. The van der Waals surface area contributed by atoms with Crippen molar-refractivity contribution in [3.05, 3.63) is 24.4 Å². The molecule has 1 aromatic heterocycles. The molecule has 0 aliphatic heterocycles. The monoisotopic (exact) mass is 179 g/mol. The Morgan fingerprint density at radius 3 is 2.75 bits per heavy atom. The molecule has 2 heteroatoms. The second kappa shape index (κ2) is 3.94. The molecule has 0 N–H and O–H groups in total. The van der Waals surface area contributed by atoms with Gasteiger partial charge in [0.1, 0.15) is 0 Å². The Hall–Kier alpha value is -0.500. The molecule has 0 aromatic carbocycles. The Morgan fingerprint density at radius 2 is 2.08 bits per heavy atom. The van der Waals surface area contributed by atoms with Gasteiger partial charge < -0.3 is 0 Å². The Bertz CT molecular complexity index is 229. The van der Waals surface area contributed by atoms with E-state index >= 15 is 0 Å². The van der Waals surface area contributed by atoms with Crippen LogP contribution in [0, 0.1) is 0 Å². The molecule has 1 aliphatic rings. The molecule has 1 nitrogen and oxygen atoms in total. The third-order valence-corrected chi connectivity index (χ3v) is 3.52. The van der Waals surface area contributed by atoms with Crippen LogP contribution in [0.5, 0.6) is 0 Å². The number of thioether (sulfide) groups is 1. The van der Waals surface area contributed by atoms with Gasteiger partial charge in [-0.1, -0.05) is 18.9 Å². The van der Waals surface area contributed by atoms with E-state index in [2.05, 4.69) is 17.1 Å². The highest BCUT2D eigenvalue weighted by molar-refractivity contribution is 7.99. The quantitative estimate of drug-likeness (QED) is 0.692. The maximum atomic E-state index is 4.31. The van der Waals surface area contributed by atoms with E-state index in [1.165, 1.54) is 30.7 Å². The lowest BCUT2D eigenvalue weighted by atomic mass is 10.4. The molecule has 0 bridgehead atoms. The molecule has 64 valence electrons. The Labute approximate surface area is 77.6 Å². The molecule has 1 saturated carbocycles. The zero-order valence-electron chi connectivity index (χ0n) is 7.07. The molecule has 2 rings (SSSR count). The lowest BCUT2D eigenvalue weighted by Crippen LogP contribution is -1.93. The number of hydrogen-bond acceptors (Lipinski definition) is 2. The van der Waals surface area contributed by atoms with Gasteiger partial charge in [0.2, 0.25) is 0 Å². The van der Waals surface area contributed by atoms with Gasteiger partial charge in [0.25, 0.3) is 0 Å². The van der Waals surface area contributed by atoms with E-state index in [0.29, 0.717) is 0 Å². The van der Waals surface area contributed by atoms with Crippen molar-refractivity contribution in [2.45, 2.75) is 36.0 Å². The molecule has 0 radical (unpaired) electrons. The van der Waals surface area contributed by atoms with E-state index in [0.717, 1.165) is 5.25 Å². The maximum Gasteiger partial charge on any atom is 0.0962 e. The minimum Gasteiger partial charge on any atom is -0.250 e. The van der Waals surface area contributed by atoms with Gasteiger partial charge >= 0.3 is 0 Å². The molecule has 1 aliphatic carbocycles. The topological polar surface area (TPSA) is 12.9 Å². The van der Waals surface area contributed by atoms with Gasteiger partial charge in [0.15, 0.2) is 0 Å². The van der Waals surface area contributed by atoms with Crippen LogP contribution < -0.4 is 0 Å². The summed E-state index contributed by atoms with van der Waals surface area (Å²) in [5, 5.41) is 2.02. The molecular formula is C10H13NS. The summed E-state index contributed by atoms with van der Waals surface area (Å²) in [5.74, 6) is 0. The van der Waals surface area contributed by atoms with Gasteiger partial charge in [0.05, 0.1) is 5.03 Å². The molecule has 1 heterocycles. The van der Waals surface area contributed by atoms with Gasteiger partial charge in [-0.05, 0) is 25.0 Å². The smallest absolute Gasteiger partial charge is 0.0962 e. The average Bonchev–Trinajstić information content (AvgIpc) is 2.59. The SMILES string of the molecule is c1ccc(SC2CCCC2)nc1. The normalized spacial score (nSPS) is 18.3. The number of aromatic nitrogens is 1. The fraction of sp³-hybridized carbons (Fsp3) is 0.500. The highest BCUT2D eigenvalue weighted by atomic mass is 32.2. The zero-order valence-corrected chi connectivity index (χ0v) is 7.89. The summed E-state index contributed by atoms with van der Waals surface area (Å²) in [6.07, 6.45) is 7.44. The second-order valence-electron chi connectivity index (χ2n) is 3.19. The lowest BCUT2D eigenvalue weighted by Gasteiger charge is -2.06. The van der Waals surface area contributed by atoms with Crippen molar-refractivity contribution in [3.63, 3.8) is 0 Å². The molecule has 0 amide bonds. The van der Waals surface area contributed by atoms with E-state index in [9.17, 15) is 0 Å². The summed E-state index contributed by atoms with van der Waals surface area (Å²) in [6.45, 7) is 0. The Kier molecular flexibility index (Phi) is 2.67. The standard InChI is InChI=1S/C10H13NS/c1-2-6-9(5-1)12-10-7-3-4-8-11-10/h3-4,7-9H,1-2,5-6H2. The van der Waals surface area contributed by atoms with Crippen molar-refractivity contribution >= 4 is 11.8 Å². The summed E-state index contributed by atoms with van der Waals surface area (Å²) in [6, 6.07) is 6.13. The van der Waals surface area contributed by atoms with E-state index in [1.807, 2.05) is 24.0 Å². The van der Waals surface area contributed by atoms with Crippen molar-refractivity contribution in [1.82, 2.24) is 4.98 Å². The fourth-order valence-electron chi connectivity index (χ4n) is 1.59. The molecule has 1 aromatic rings. The van der Waals surface area contributed by atoms with Crippen molar-refractivity contribution < 1.29 is 0 Å². The predicted octanol–water partition coefficient (Wildman–Crippen LogP) is 3.12. The first-order valence-electron chi connectivity index (χ1n) is 4.53. The minimum atomic E-state index is 0.833. The molecule has 0 atom stereocenters. The van der Waals surface area contributed by atoms with Crippen molar-refractivity contribution in [2.24, 2.45) is 0 Å². The summed E-state index contributed by atoms with van der Waals surface area (Å²) in [4.78, 5) is 4.31. The average molecular weight is 179 g/mol. The van der Waals surface area contributed by atoms with Crippen LogP contribution in [0.2, 0.25) is 0 Å². The van der Waals surface area contributed by atoms with Crippen molar-refractivity contribution in [1.29, 1.82) is 0 Å². The molecule has 0 spiro atoms. The van der Waals surface area contributed by atoms with Gasteiger partial charge in [0, 0.05) is 11.4 Å². The molecular weight excluding hydrogens is 166 g/mol. The largest absolute Gasteiger partial charge is 0.250 e. The van der Waals surface area contributed by atoms with Crippen LogP contribution in [-0.4, -0.2) is 10.2 Å². The van der Waals surface area contributed by atoms with E-state index in [4.69, 9.17) is 0 Å². The number of nitrogens with zero attached hydrogens (tertiary/aromatic N) is 1. The number of hydrogen-bond donors (Lipinski definition) is 0. The summed E-state index contributed by atoms with van der Waals surface area (Å²) < 4.78 is 0. The van der Waals surface area contributed by atoms with Crippen molar-refractivity contribution in [2.75, 3.05) is 0 Å². The Balaban J connectivity index is 1.94. The van der Waals surface area contributed by atoms with Crippen LogP contribution in [0.1, 0.15) is 25.7 Å². The molecule has 0 unspecified atom stereocenters. The predicted molar refractivity (Wildman–Crippen MR) is 52.4 cm³/mol. The van der Waals surface area contributed by atoms with Crippen molar-refractivity contribution in [3.8, 4) is 0 Å². The summed E-state index contributed by atoms with van der Waals surface area (Å²) in [7, 11) is 0. The molecule has 12 heavy (non-hydrogen) atoms. The number of pyridine rings is 1. The van der Waals surface area contributed by atoms with Crippen LogP contribution in [-0.2, 0) is 0 Å². The maximum absolute atomic E-state index is 4.31. The Morgan fingerprint density at radius 1 is 1.25 bits per heavy atom. The third kappa shape index (κ3) is 2.01. The van der Waals surface area contributed by atoms with Crippen LogP contribution in [0.3, 0.4) is 0 Å². The molecule has 1 fully saturated rings. The first-order valence-corrected chi connectivity index (χ1v) is 5.41. The van der Waals surface area contributed by atoms with Gasteiger partial charge in [-0.15, -0.1) is 11.8 Å². The highest BCUT2D eigenvalue weighted by Crippen LogP contribution is 2.33. The first kappa shape index (κ1) is 8.11. The van der Waals surface area contributed by atoms with E-state index < -0.39 is 0 Å². The first-order chi connectivity index (χ1) is 5.95. The van der Waals surface area contributed by atoms with Gasteiger partial charge in [-0.2, -0.15) is 0 Å². The van der Waals surface area contributed by atoms with Gasteiger partial charge in [-0.25, -0.2) is 4.98 Å². The van der Waals surface area contributed by atoms with Gasteiger partial charge in [-0.3, -0.25) is 0 Å². The lowest BCUT2D eigenvalue weighted by molar-refractivity contribution is 0.886. The van der Waals surface area contributed by atoms with E-state index in [-0.39, 0.29) is 0 Å². The highest BCUT2D eigenvalue weighted by Gasteiger charge is 2.15. The number of rotatable bonds is 2. The molecule has 0 saturated heterocycles. The van der Waals surface area contributed by atoms with E-state index in [1.54, 1.807) is 0 Å². The third-order valence-electron chi connectivity index (χ3n) is 2.23. The van der Waals surface area contributed by atoms with Crippen LogP contribution in [0.4, 0.5) is 0 Å². The second-order valence-corrected chi connectivity index (χ2v) is 4.51. The van der Waals surface area contributed by atoms with Crippen LogP contribution >= 0.6 is 11.8 Å². The summed E-state index contributed by atoms with van der Waals surface area (Å²) in [5.41, 5.74) is 0. The van der Waals surface area contributed by atoms with Crippen LogP contribution in [0.15, 0.2) is 29.4 Å². The summed E-state index contributed by atoms with van der Waals surface area (Å²) >= 11 is 1.94. The fourth-order valence-corrected chi connectivity index (χ4v) is 2.78. The zero-order chi connectivity index (χ0) is 8.23. The van der Waals surface area contributed by atoms with Crippen LogP contribution in [0.25, 0.3) is 0 Å².